The number of H-pyrrole nitrogens is 1. The van der Waals surface area contributed by atoms with Crippen molar-refractivity contribution in [2.24, 2.45) is 11.8 Å². The van der Waals surface area contributed by atoms with Crippen LogP contribution in [-0.4, -0.2) is 69.0 Å². The maximum Gasteiger partial charge on any atom is 0.243 e. The molecule has 0 aliphatic heterocycles. The van der Waals surface area contributed by atoms with Gasteiger partial charge in [0.25, 0.3) is 0 Å². The summed E-state index contributed by atoms with van der Waals surface area (Å²) in [5, 5.41) is 27.1. The zero-order valence-corrected chi connectivity index (χ0v) is 33.1. The van der Waals surface area contributed by atoms with Gasteiger partial charge in [0, 0.05) is 25.9 Å². The van der Waals surface area contributed by atoms with E-state index >= 15 is 0 Å². The van der Waals surface area contributed by atoms with E-state index in [1.807, 2.05) is 143 Å². The van der Waals surface area contributed by atoms with E-state index in [9.17, 15) is 24.3 Å². The van der Waals surface area contributed by atoms with Crippen LogP contribution in [0.1, 0.15) is 56.6 Å². The molecule has 0 fully saturated rings. The Balaban J connectivity index is 1.34. The van der Waals surface area contributed by atoms with E-state index in [0.717, 1.165) is 27.7 Å². The van der Waals surface area contributed by atoms with Crippen molar-refractivity contribution in [3.63, 3.8) is 0 Å². The number of benzene rings is 4. The molecule has 0 saturated heterocycles. The van der Waals surface area contributed by atoms with Crippen molar-refractivity contribution in [1.82, 2.24) is 36.6 Å². The van der Waals surface area contributed by atoms with Crippen LogP contribution in [0, 0.1) is 11.8 Å². The number of aliphatic hydroxyl groups excluding tert-OH is 1. The molecule has 0 saturated carbocycles. The van der Waals surface area contributed by atoms with Crippen LogP contribution in [0.15, 0.2) is 115 Å². The van der Waals surface area contributed by atoms with Crippen molar-refractivity contribution < 1.29 is 24.3 Å². The minimum absolute atomic E-state index is 0.105. The molecule has 0 bridgehead atoms. The van der Waals surface area contributed by atoms with Gasteiger partial charge in [-0.1, -0.05) is 131 Å². The molecule has 0 radical (unpaired) electrons. The second-order valence-corrected chi connectivity index (χ2v) is 15.1. The Bertz CT molecular complexity index is 2010. The minimum atomic E-state index is -1.46. The summed E-state index contributed by atoms with van der Waals surface area (Å²) in [6.45, 7) is 7.86. The van der Waals surface area contributed by atoms with Crippen molar-refractivity contribution >= 4 is 34.7 Å². The predicted molar refractivity (Wildman–Crippen MR) is 221 cm³/mol. The molecule has 7 N–H and O–H groups in total. The van der Waals surface area contributed by atoms with Gasteiger partial charge in [-0.3, -0.25) is 24.5 Å². The Hall–Kier alpha value is -5.85. The van der Waals surface area contributed by atoms with Gasteiger partial charge in [0.15, 0.2) is 0 Å². The highest BCUT2D eigenvalue weighted by Gasteiger charge is 2.37. The number of aromatic nitrogens is 2. The molecule has 57 heavy (non-hydrogen) atoms. The molecule has 4 amide bonds. The average Bonchev–Trinajstić information content (AvgIpc) is 3.64. The number of carbonyl (C=O) groups excluding carboxylic acids is 4. The maximum absolute atomic E-state index is 14.3. The number of rotatable bonds is 20. The number of amides is 4. The third-order valence-electron chi connectivity index (χ3n) is 9.88. The zero-order chi connectivity index (χ0) is 40.7. The summed E-state index contributed by atoms with van der Waals surface area (Å²) in [6.07, 6.45) is -0.822. The topological polar surface area (TPSA) is 177 Å². The molecule has 1 heterocycles. The molecule has 1 aromatic heterocycles. The smallest absolute Gasteiger partial charge is 0.243 e. The summed E-state index contributed by atoms with van der Waals surface area (Å²) in [7, 11) is 0. The number of imidazole rings is 1. The van der Waals surface area contributed by atoms with Gasteiger partial charge in [-0.05, 0) is 47.1 Å². The number of hydrogen-bond acceptors (Lipinski definition) is 7. The zero-order valence-electron chi connectivity index (χ0n) is 33.1. The molecule has 300 valence electrons. The number of fused-ring (bicyclic) bond motifs is 1. The molecule has 0 aliphatic rings. The van der Waals surface area contributed by atoms with Crippen molar-refractivity contribution in [2.45, 2.75) is 90.3 Å². The van der Waals surface area contributed by atoms with E-state index < -0.39 is 42.1 Å². The largest absolute Gasteiger partial charge is 0.389 e. The van der Waals surface area contributed by atoms with Crippen LogP contribution >= 0.6 is 0 Å². The number of carbonyl (C=O) groups is 4. The molecular formula is C45H55N7O5. The molecular weight excluding hydrogens is 719 g/mol. The molecule has 12 heteroatoms. The number of nitrogens with zero attached hydrogens (tertiary/aromatic N) is 1. The van der Waals surface area contributed by atoms with Gasteiger partial charge < -0.3 is 31.4 Å². The lowest BCUT2D eigenvalue weighted by Gasteiger charge is -2.33. The normalized spacial score (nSPS) is 14.0. The van der Waals surface area contributed by atoms with E-state index in [4.69, 9.17) is 0 Å². The van der Waals surface area contributed by atoms with Crippen molar-refractivity contribution in [2.75, 3.05) is 0 Å². The summed E-state index contributed by atoms with van der Waals surface area (Å²) in [5.41, 5.74) is 4.30. The van der Waals surface area contributed by atoms with Gasteiger partial charge in [-0.15, -0.1) is 0 Å². The lowest BCUT2D eigenvalue weighted by Crippen LogP contribution is -2.63. The first kappa shape index (κ1) is 42.3. The third-order valence-corrected chi connectivity index (χ3v) is 9.88. The molecule has 5 aromatic rings. The third kappa shape index (κ3) is 12.6. The van der Waals surface area contributed by atoms with Crippen LogP contribution in [0.5, 0.6) is 0 Å². The SMILES string of the molecule is CC(C)[C@H](NC(=O)CCc1nc2ccccc2[nH]1)C(=O)N[C@@H](Cc1ccccc1)[C@@H](O)[C@@H](NCc1ccccc1)C(=O)N[C@H](C(=O)NCc1ccccc1)C(C)C. The summed E-state index contributed by atoms with van der Waals surface area (Å²) in [6, 6.07) is 31.8. The first-order valence-electron chi connectivity index (χ1n) is 19.6. The summed E-state index contributed by atoms with van der Waals surface area (Å²) in [4.78, 5) is 62.9. The number of aliphatic hydroxyl groups is 1. The fourth-order valence-electron chi connectivity index (χ4n) is 6.63. The molecule has 0 aliphatic carbocycles. The second-order valence-electron chi connectivity index (χ2n) is 15.1. The number of para-hydroxylation sites is 2. The highest BCUT2D eigenvalue weighted by atomic mass is 16.3. The Labute approximate surface area is 334 Å². The Morgan fingerprint density at radius 1 is 0.614 bits per heavy atom. The number of hydrogen-bond donors (Lipinski definition) is 7. The van der Waals surface area contributed by atoms with E-state index in [1.54, 1.807) is 0 Å². The molecule has 5 atom stereocenters. The summed E-state index contributed by atoms with van der Waals surface area (Å²) >= 11 is 0. The first-order chi connectivity index (χ1) is 27.5. The van der Waals surface area contributed by atoms with Crippen molar-refractivity contribution in [1.29, 1.82) is 0 Å². The molecule has 0 unspecified atom stereocenters. The number of aryl methyl sites for hydroxylation is 1. The van der Waals surface area contributed by atoms with Crippen LogP contribution in [0.3, 0.4) is 0 Å². The molecule has 4 aromatic carbocycles. The molecule has 0 spiro atoms. The highest BCUT2D eigenvalue weighted by Crippen LogP contribution is 2.15. The van der Waals surface area contributed by atoms with Crippen molar-refractivity contribution in [3.05, 3.63) is 138 Å². The summed E-state index contributed by atoms with van der Waals surface area (Å²) in [5.74, 6) is -1.68. The Morgan fingerprint density at radius 3 is 1.74 bits per heavy atom. The van der Waals surface area contributed by atoms with E-state index in [0.29, 0.717) is 12.2 Å². The second kappa shape index (κ2) is 20.9. The highest BCUT2D eigenvalue weighted by molar-refractivity contribution is 5.91. The van der Waals surface area contributed by atoms with Gasteiger partial charge >= 0.3 is 0 Å². The Kier molecular flexibility index (Phi) is 15.5. The monoisotopic (exact) mass is 773 g/mol. The lowest BCUT2D eigenvalue weighted by atomic mass is 9.93. The van der Waals surface area contributed by atoms with Gasteiger partial charge in [-0.2, -0.15) is 0 Å². The number of aromatic amines is 1. The molecule has 5 rings (SSSR count). The van der Waals surface area contributed by atoms with Gasteiger partial charge in [-0.25, -0.2) is 4.98 Å². The standard InChI is InChI=1S/C45H55N7O5/c1-29(2)39(43(55)47-28-33-20-12-7-13-21-33)52-45(57)41(46-27-32-18-10-6-11-19-32)42(54)36(26-31-16-8-5-9-17-31)50-44(56)40(30(3)4)51-38(53)25-24-37-48-34-22-14-15-23-35(34)49-37/h5-23,29-30,36,39-42,46,54H,24-28H2,1-4H3,(H,47,55)(H,48,49)(H,50,56)(H,51,53)(H,52,57)/t36-,39-,40-,41+,42+/m0/s1. The van der Waals surface area contributed by atoms with Crippen LogP contribution in [0.4, 0.5) is 0 Å². The number of nitrogens with one attached hydrogen (secondary N) is 6. The van der Waals surface area contributed by atoms with Crippen LogP contribution in [0.2, 0.25) is 0 Å². The van der Waals surface area contributed by atoms with E-state index in [2.05, 4.69) is 36.6 Å². The maximum atomic E-state index is 14.3. The quantitative estimate of drug-likeness (QED) is 0.0616. The first-order valence-corrected chi connectivity index (χ1v) is 19.6. The summed E-state index contributed by atoms with van der Waals surface area (Å²) < 4.78 is 0. The molecule has 12 nitrogen and oxygen atoms in total. The van der Waals surface area contributed by atoms with E-state index in [1.165, 1.54) is 0 Å². The average molecular weight is 774 g/mol. The van der Waals surface area contributed by atoms with E-state index in [-0.39, 0.29) is 49.6 Å². The van der Waals surface area contributed by atoms with Crippen LogP contribution < -0.4 is 26.6 Å². The minimum Gasteiger partial charge on any atom is -0.389 e. The van der Waals surface area contributed by atoms with Gasteiger partial charge in [0.1, 0.15) is 23.9 Å². The fourth-order valence-corrected chi connectivity index (χ4v) is 6.63. The van der Waals surface area contributed by atoms with Gasteiger partial charge in [0.05, 0.1) is 23.2 Å². The lowest BCUT2D eigenvalue weighted by molar-refractivity contribution is -0.134. The fraction of sp³-hybridized carbons (Fsp3) is 0.356. The van der Waals surface area contributed by atoms with Gasteiger partial charge in [0.2, 0.25) is 23.6 Å². The van der Waals surface area contributed by atoms with Crippen LogP contribution in [-0.2, 0) is 45.1 Å². The Morgan fingerprint density at radius 2 is 1.14 bits per heavy atom. The van der Waals surface area contributed by atoms with Crippen LogP contribution in [0.25, 0.3) is 11.0 Å². The van der Waals surface area contributed by atoms with Crippen molar-refractivity contribution in [3.8, 4) is 0 Å². The predicted octanol–water partition coefficient (Wildman–Crippen LogP) is 4.34.